The number of imidazole rings is 1. The van der Waals surface area contributed by atoms with Crippen molar-refractivity contribution in [1.29, 1.82) is 0 Å². The zero-order chi connectivity index (χ0) is 29.3. The predicted molar refractivity (Wildman–Crippen MR) is 181 cm³/mol. The van der Waals surface area contributed by atoms with E-state index in [2.05, 4.69) is 164 Å². The van der Waals surface area contributed by atoms with Crippen molar-refractivity contribution in [3.63, 3.8) is 0 Å². The molecule has 43 heavy (non-hydrogen) atoms. The molecule has 0 saturated carbocycles. The second-order valence-corrected chi connectivity index (χ2v) is 11.2. The van der Waals surface area contributed by atoms with Crippen LogP contribution >= 0.6 is 0 Å². The third-order valence-electron chi connectivity index (χ3n) is 7.96. The number of anilines is 3. The molecule has 0 spiro atoms. The van der Waals surface area contributed by atoms with E-state index >= 15 is 0 Å². The topological polar surface area (TPSA) is 21.1 Å². The Kier molecular flexibility index (Phi) is 6.84. The zero-order valence-corrected chi connectivity index (χ0v) is 24.7. The first-order chi connectivity index (χ1) is 21.0. The third-order valence-corrected chi connectivity index (χ3v) is 7.96. The van der Waals surface area contributed by atoms with Crippen LogP contribution in [0.25, 0.3) is 39.2 Å². The molecule has 3 heteroatoms. The molecule has 0 amide bonds. The minimum absolute atomic E-state index is 0.939. The SMILES string of the molecule is Cc1ccc(N(c2ccc(C)cc2)c2cc(C)cc(-c3ccc(-c4nc5ccccc5n4-c4ccccc4)cc3)c2)cc1. The number of hydrogen-bond donors (Lipinski definition) is 0. The highest BCUT2D eigenvalue weighted by atomic mass is 15.1. The monoisotopic (exact) mass is 555 g/mol. The van der Waals surface area contributed by atoms with Crippen molar-refractivity contribution in [3.05, 3.63) is 162 Å². The summed E-state index contributed by atoms with van der Waals surface area (Å²) in [5.41, 5.74) is 13.8. The zero-order valence-electron chi connectivity index (χ0n) is 24.7. The molecule has 3 nitrogen and oxygen atoms in total. The van der Waals surface area contributed by atoms with Crippen molar-refractivity contribution < 1.29 is 0 Å². The summed E-state index contributed by atoms with van der Waals surface area (Å²) < 4.78 is 2.25. The molecule has 0 N–H and O–H groups in total. The van der Waals surface area contributed by atoms with Gasteiger partial charge in [-0.25, -0.2) is 4.98 Å². The molecule has 1 heterocycles. The van der Waals surface area contributed by atoms with Crippen LogP contribution in [0.3, 0.4) is 0 Å². The Labute approximate surface area is 253 Å². The van der Waals surface area contributed by atoms with Gasteiger partial charge in [0.25, 0.3) is 0 Å². The van der Waals surface area contributed by atoms with E-state index in [4.69, 9.17) is 4.98 Å². The number of fused-ring (bicyclic) bond motifs is 1. The van der Waals surface area contributed by atoms with Crippen molar-refractivity contribution in [2.45, 2.75) is 20.8 Å². The van der Waals surface area contributed by atoms with Crippen LogP contribution in [0, 0.1) is 20.8 Å². The Bertz CT molecular complexity index is 1970. The Morgan fingerprint density at radius 2 is 1.05 bits per heavy atom. The molecule has 1 aromatic heterocycles. The van der Waals surface area contributed by atoms with Crippen molar-refractivity contribution >= 4 is 28.1 Å². The quantitative estimate of drug-likeness (QED) is 0.203. The maximum atomic E-state index is 5.05. The van der Waals surface area contributed by atoms with Crippen LogP contribution in [0.5, 0.6) is 0 Å². The summed E-state index contributed by atoms with van der Waals surface area (Å²) in [6, 6.07) is 51.9. The molecule has 0 unspecified atom stereocenters. The maximum Gasteiger partial charge on any atom is 0.145 e. The van der Waals surface area contributed by atoms with Gasteiger partial charge in [0.1, 0.15) is 5.82 Å². The number of benzene rings is 6. The Morgan fingerprint density at radius 3 is 1.70 bits per heavy atom. The number of hydrogen-bond acceptors (Lipinski definition) is 2. The smallest absolute Gasteiger partial charge is 0.145 e. The molecule has 0 fully saturated rings. The van der Waals surface area contributed by atoms with Gasteiger partial charge in [0, 0.05) is 28.3 Å². The average molecular weight is 556 g/mol. The van der Waals surface area contributed by atoms with E-state index in [0.717, 1.165) is 45.2 Å². The standard InChI is InChI=1S/C40H33N3/c1-28-13-21-35(22-14-28)42(36-23-15-29(2)16-24-36)37-26-30(3)25-33(27-37)31-17-19-32(20-18-31)40-41-38-11-7-8-12-39(38)43(40)34-9-5-4-6-10-34/h4-27H,1-3H3. The fourth-order valence-electron chi connectivity index (χ4n) is 5.76. The fourth-order valence-corrected chi connectivity index (χ4v) is 5.76. The second-order valence-electron chi connectivity index (χ2n) is 11.2. The lowest BCUT2D eigenvalue weighted by molar-refractivity contribution is 1.10. The van der Waals surface area contributed by atoms with Crippen LogP contribution in [0.4, 0.5) is 17.1 Å². The van der Waals surface area contributed by atoms with Gasteiger partial charge in [-0.1, -0.05) is 96.1 Å². The Balaban J connectivity index is 1.30. The first kappa shape index (κ1) is 26.5. The molecule has 0 saturated heterocycles. The van der Waals surface area contributed by atoms with E-state index in [1.54, 1.807) is 0 Å². The van der Waals surface area contributed by atoms with E-state index in [1.807, 2.05) is 12.1 Å². The first-order valence-electron chi connectivity index (χ1n) is 14.7. The summed E-state index contributed by atoms with van der Waals surface area (Å²) in [7, 11) is 0. The Hall–Kier alpha value is -5.41. The minimum Gasteiger partial charge on any atom is -0.310 e. The molecule has 0 aliphatic rings. The lowest BCUT2D eigenvalue weighted by Crippen LogP contribution is -2.10. The maximum absolute atomic E-state index is 5.05. The van der Waals surface area contributed by atoms with Gasteiger partial charge in [-0.15, -0.1) is 0 Å². The van der Waals surface area contributed by atoms with Gasteiger partial charge < -0.3 is 4.90 Å². The summed E-state index contributed by atoms with van der Waals surface area (Å²) in [4.78, 5) is 7.39. The highest BCUT2D eigenvalue weighted by Gasteiger charge is 2.16. The number of rotatable bonds is 6. The van der Waals surface area contributed by atoms with Crippen molar-refractivity contribution in [3.8, 4) is 28.2 Å². The van der Waals surface area contributed by atoms with E-state index in [1.165, 1.54) is 27.8 Å². The molecule has 0 bridgehead atoms. The van der Waals surface area contributed by atoms with E-state index in [0.29, 0.717) is 0 Å². The normalized spacial score (nSPS) is 11.1. The van der Waals surface area contributed by atoms with Crippen molar-refractivity contribution in [2.24, 2.45) is 0 Å². The molecular formula is C40H33N3. The van der Waals surface area contributed by atoms with Gasteiger partial charge in [-0.05, 0) is 98.1 Å². The summed E-state index contributed by atoms with van der Waals surface area (Å²) in [5, 5.41) is 0. The Morgan fingerprint density at radius 1 is 0.465 bits per heavy atom. The van der Waals surface area contributed by atoms with Crippen molar-refractivity contribution in [2.75, 3.05) is 4.90 Å². The van der Waals surface area contributed by atoms with Crippen LogP contribution in [0.15, 0.2) is 146 Å². The van der Waals surface area contributed by atoms with Crippen molar-refractivity contribution in [1.82, 2.24) is 9.55 Å². The van der Waals surface area contributed by atoms with Crippen LogP contribution in [-0.4, -0.2) is 9.55 Å². The molecule has 7 aromatic rings. The van der Waals surface area contributed by atoms with Gasteiger partial charge in [0.2, 0.25) is 0 Å². The third kappa shape index (κ3) is 5.22. The molecule has 0 atom stereocenters. The van der Waals surface area contributed by atoms with Crippen LogP contribution in [0.1, 0.15) is 16.7 Å². The summed E-state index contributed by atoms with van der Waals surface area (Å²) >= 11 is 0. The highest BCUT2D eigenvalue weighted by molar-refractivity contribution is 5.84. The first-order valence-corrected chi connectivity index (χ1v) is 14.7. The molecule has 0 aliphatic heterocycles. The fraction of sp³-hybridized carbons (Fsp3) is 0.0750. The highest BCUT2D eigenvalue weighted by Crippen LogP contribution is 2.38. The molecule has 0 aliphatic carbocycles. The van der Waals surface area contributed by atoms with Crippen LogP contribution in [0.2, 0.25) is 0 Å². The lowest BCUT2D eigenvalue weighted by Gasteiger charge is -2.27. The van der Waals surface area contributed by atoms with Gasteiger partial charge in [-0.2, -0.15) is 0 Å². The summed E-state index contributed by atoms with van der Waals surface area (Å²) in [5.74, 6) is 0.939. The van der Waals surface area contributed by atoms with Crippen LogP contribution in [-0.2, 0) is 0 Å². The molecule has 6 aromatic carbocycles. The van der Waals surface area contributed by atoms with Gasteiger partial charge in [-0.3, -0.25) is 4.57 Å². The van der Waals surface area contributed by atoms with Gasteiger partial charge in [0.15, 0.2) is 0 Å². The molecule has 0 radical (unpaired) electrons. The lowest BCUT2D eigenvalue weighted by atomic mass is 10.00. The van der Waals surface area contributed by atoms with Crippen LogP contribution < -0.4 is 4.90 Å². The number of para-hydroxylation sites is 3. The van der Waals surface area contributed by atoms with E-state index < -0.39 is 0 Å². The number of aryl methyl sites for hydroxylation is 3. The molecule has 7 rings (SSSR count). The number of aromatic nitrogens is 2. The second kappa shape index (κ2) is 11.1. The van der Waals surface area contributed by atoms with E-state index in [-0.39, 0.29) is 0 Å². The van der Waals surface area contributed by atoms with E-state index in [9.17, 15) is 0 Å². The summed E-state index contributed by atoms with van der Waals surface area (Å²) in [6.07, 6.45) is 0. The largest absolute Gasteiger partial charge is 0.310 e. The summed E-state index contributed by atoms with van der Waals surface area (Å²) in [6.45, 7) is 6.43. The predicted octanol–water partition coefficient (Wildman–Crippen LogP) is 10.8. The molecule has 208 valence electrons. The minimum atomic E-state index is 0.939. The van der Waals surface area contributed by atoms with Gasteiger partial charge >= 0.3 is 0 Å². The molecular weight excluding hydrogens is 522 g/mol. The number of nitrogens with zero attached hydrogens (tertiary/aromatic N) is 3. The van der Waals surface area contributed by atoms with Gasteiger partial charge in [0.05, 0.1) is 11.0 Å². The average Bonchev–Trinajstić information content (AvgIpc) is 3.43.